The first-order valence-electron chi connectivity index (χ1n) is 13.1. The molecule has 0 unspecified atom stereocenters. The van der Waals surface area contributed by atoms with E-state index in [1.165, 1.54) is 62.3 Å². The van der Waals surface area contributed by atoms with Gasteiger partial charge in [0.25, 0.3) is 0 Å². The number of benzene rings is 2. The van der Waals surface area contributed by atoms with Crippen LogP contribution in [0.25, 0.3) is 0 Å². The van der Waals surface area contributed by atoms with Crippen LogP contribution in [0, 0.1) is 0 Å². The summed E-state index contributed by atoms with van der Waals surface area (Å²) in [4.78, 5) is 6.26. The molecule has 3 aromatic rings. The topological polar surface area (TPSA) is 27.1 Å². The van der Waals surface area contributed by atoms with Gasteiger partial charge in [0.05, 0.1) is 0 Å². The van der Waals surface area contributed by atoms with Gasteiger partial charge < -0.3 is 0 Å². The minimum absolute atomic E-state index is 0.586. The monoisotopic (exact) mass is 586 g/mol. The zero-order valence-electron chi connectivity index (χ0n) is 21.3. The molecule has 0 fully saturated rings. The molecule has 34 heavy (non-hydrogen) atoms. The second-order valence-electron chi connectivity index (χ2n) is 9.32. The van der Waals surface area contributed by atoms with Crippen LogP contribution in [0.3, 0.4) is 0 Å². The van der Waals surface area contributed by atoms with Crippen LogP contribution in [0.15, 0.2) is 76.9 Å². The van der Waals surface area contributed by atoms with E-state index in [1.807, 2.05) is 0 Å². The molecule has 0 atom stereocenters. The molecule has 3 rings (SSSR count). The Morgan fingerprint density at radius 2 is 1.35 bits per heavy atom. The van der Waals surface area contributed by atoms with Crippen molar-refractivity contribution >= 4 is 33.8 Å². The first-order valence-corrected chi connectivity index (χ1v) is 21.4. The Bertz CT molecular complexity index is 924. The summed E-state index contributed by atoms with van der Waals surface area (Å²) in [5.74, 6) is 0. The Labute approximate surface area is 215 Å². The summed E-state index contributed by atoms with van der Waals surface area (Å²) in [5.41, 5.74) is 1.22. The molecule has 0 aliphatic rings. The molecule has 0 bridgehead atoms. The summed E-state index contributed by atoms with van der Waals surface area (Å²) < 4.78 is 14.7. The van der Waals surface area contributed by atoms with Crippen molar-refractivity contribution in [2.45, 2.75) is 96.0 Å². The van der Waals surface area contributed by atoms with Gasteiger partial charge in [-0.15, -0.1) is 0 Å². The zero-order chi connectivity index (χ0) is 24.1. The third-order valence-corrected chi connectivity index (χ3v) is 23.2. The van der Waals surface area contributed by atoms with Crippen LogP contribution in [0.2, 0.25) is 13.3 Å². The molecule has 0 amide bonds. The van der Waals surface area contributed by atoms with E-state index >= 15 is 0 Å². The van der Waals surface area contributed by atoms with Crippen LogP contribution in [0.4, 0.5) is 0 Å². The molecule has 5 heteroatoms. The maximum atomic E-state index is 6.33. The van der Waals surface area contributed by atoms with E-state index in [0.29, 0.717) is 13.3 Å². The molecule has 0 aliphatic carbocycles. The molecular formula is C29H42N2OSSn. The van der Waals surface area contributed by atoms with Gasteiger partial charge in [0.1, 0.15) is 0 Å². The van der Waals surface area contributed by atoms with Gasteiger partial charge in [-0.2, -0.15) is 0 Å². The van der Waals surface area contributed by atoms with Crippen molar-refractivity contribution in [1.82, 2.24) is 9.55 Å². The average Bonchev–Trinajstić information content (AvgIpc) is 3.28. The van der Waals surface area contributed by atoms with Crippen molar-refractivity contribution in [3.05, 3.63) is 72.4 Å². The molecular weight excluding hydrogens is 543 g/mol. The van der Waals surface area contributed by atoms with Crippen LogP contribution in [0.5, 0.6) is 0 Å². The Balaban J connectivity index is 1.95. The van der Waals surface area contributed by atoms with Crippen molar-refractivity contribution in [1.29, 1.82) is 0 Å². The van der Waals surface area contributed by atoms with Crippen molar-refractivity contribution in [2.24, 2.45) is 0 Å². The third-order valence-electron chi connectivity index (χ3n) is 6.67. The fourth-order valence-electron chi connectivity index (χ4n) is 4.72. The molecule has 3 nitrogen and oxygen atoms in total. The van der Waals surface area contributed by atoms with Gasteiger partial charge >= 0.3 is 217 Å². The van der Waals surface area contributed by atoms with Crippen LogP contribution < -0.4 is 3.71 Å². The van der Waals surface area contributed by atoms with E-state index in [1.54, 1.807) is 15.5 Å². The number of hydrogen-bond donors (Lipinski definition) is 0. The first kappa shape index (κ1) is 27.3. The fraction of sp³-hybridized carbons (Fsp3) is 0.483. The molecule has 1 aromatic heterocycles. The standard InChI is InChI=1S/C17H15N2OS.3C4H9.Sn/c1-3-7-15(8-4-1)13-20-14-19-12-11-18-17(19)21-16-9-5-2-6-10-16;3*1-3-4-2;/h1-11H,13-14H2;3*1,3-4H2,2H3;. The molecule has 0 aliphatic heterocycles. The van der Waals surface area contributed by atoms with E-state index in [0.717, 1.165) is 5.16 Å². The minimum atomic E-state index is -2.65. The van der Waals surface area contributed by atoms with Crippen molar-refractivity contribution in [3.63, 3.8) is 0 Å². The molecule has 0 saturated carbocycles. The van der Waals surface area contributed by atoms with Gasteiger partial charge in [0.15, 0.2) is 0 Å². The zero-order valence-corrected chi connectivity index (χ0v) is 25.0. The predicted octanol–water partition coefficient (Wildman–Crippen LogP) is 8.26. The summed E-state index contributed by atoms with van der Waals surface area (Å²) >= 11 is -0.878. The van der Waals surface area contributed by atoms with Crippen LogP contribution in [-0.2, 0) is 18.1 Å². The van der Waals surface area contributed by atoms with Gasteiger partial charge in [-0.05, 0) is 0 Å². The Hall–Kier alpha value is -1.24. The second-order valence-corrected chi connectivity index (χ2v) is 23.4. The number of unbranched alkanes of at least 4 members (excludes halogenated alkanes) is 3. The fourth-order valence-corrected chi connectivity index (χ4v) is 22.1. The maximum absolute atomic E-state index is 6.33. The average molecular weight is 585 g/mol. The van der Waals surface area contributed by atoms with Gasteiger partial charge in [0.2, 0.25) is 0 Å². The molecule has 0 N–H and O–H groups in total. The number of aromatic nitrogens is 2. The van der Waals surface area contributed by atoms with Crippen molar-refractivity contribution in [3.8, 4) is 0 Å². The van der Waals surface area contributed by atoms with Crippen molar-refractivity contribution < 1.29 is 4.74 Å². The molecule has 2 aromatic carbocycles. The van der Waals surface area contributed by atoms with Crippen molar-refractivity contribution in [2.75, 3.05) is 0 Å². The van der Waals surface area contributed by atoms with Crippen LogP contribution >= 0.6 is 11.8 Å². The first-order chi connectivity index (χ1) is 16.7. The molecule has 0 saturated heterocycles. The van der Waals surface area contributed by atoms with Crippen LogP contribution in [0.1, 0.15) is 64.9 Å². The number of rotatable bonds is 16. The summed E-state index contributed by atoms with van der Waals surface area (Å²) in [6.45, 7) is 8.24. The van der Waals surface area contributed by atoms with Crippen LogP contribution in [-0.4, -0.2) is 27.9 Å². The normalized spacial score (nSPS) is 11.7. The quantitative estimate of drug-likeness (QED) is 0.159. The number of ether oxygens (including phenoxy) is 1. The molecule has 0 spiro atoms. The summed E-state index contributed by atoms with van der Waals surface area (Å²) in [7, 11) is 0. The number of imidazole rings is 1. The summed E-state index contributed by atoms with van der Waals surface area (Å²) in [5, 5.41) is 1.08. The summed E-state index contributed by atoms with van der Waals surface area (Å²) in [6.07, 6.45) is 10.1. The Kier molecular flexibility index (Phi) is 12.1. The SMILES string of the molecule is CCC[CH2][Sn]([CH2]CCC)([CH2]CCC)[c]1cnc(Sc2ccccc2)n1COCc1ccccc1. The Morgan fingerprint density at radius 1 is 0.794 bits per heavy atom. The molecule has 0 radical (unpaired) electrons. The number of hydrogen-bond acceptors (Lipinski definition) is 3. The van der Waals surface area contributed by atoms with Gasteiger partial charge in [-0.25, -0.2) is 0 Å². The Morgan fingerprint density at radius 3 is 1.91 bits per heavy atom. The van der Waals surface area contributed by atoms with E-state index in [9.17, 15) is 0 Å². The molecule has 184 valence electrons. The second kappa shape index (κ2) is 15.0. The molecule has 1 heterocycles. The van der Waals surface area contributed by atoms with E-state index < -0.39 is 18.4 Å². The van der Waals surface area contributed by atoms with Gasteiger partial charge in [-0.3, -0.25) is 0 Å². The van der Waals surface area contributed by atoms with Gasteiger partial charge in [-0.1, -0.05) is 0 Å². The van der Waals surface area contributed by atoms with Gasteiger partial charge in [0, 0.05) is 0 Å². The number of nitrogens with zero attached hydrogens (tertiary/aromatic N) is 2. The summed E-state index contributed by atoms with van der Waals surface area (Å²) in [6, 6.07) is 21.1. The predicted molar refractivity (Wildman–Crippen MR) is 149 cm³/mol. The van der Waals surface area contributed by atoms with E-state index in [4.69, 9.17) is 9.72 Å². The van der Waals surface area contributed by atoms with E-state index in [-0.39, 0.29) is 0 Å². The third kappa shape index (κ3) is 7.89. The van der Waals surface area contributed by atoms with E-state index in [2.05, 4.69) is 92.2 Å².